The molecule has 2 nitrogen and oxygen atoms in total. The molecule has 1 N–H and O–H groups in total. The lowest BCUT2D eigenvalue weighted by Crippen LogP contribution is -2.47. The monoisotopic (exact) mass is 285 g/mol. The maximum absolute atomic E-state index is 11.5. The molecule has 1 fully saturated rings. The fraction of sp³-hybridized carbons (Fsp3) is 0.632. The van der Waals surface area contributed by atoms with Crippen LogP contribution >= 0.6 is 0 Å². The normalized spacial score (nSPS) is 28.6. The van der Waals surface area contributed by atoms with Gasteiger partial charge in [-0.2, -0.15) is 5.26 Å². The molecule has 114 valence electrons. The van der Waals surface area contributed by atoms with Crippen LogP contribution in [0.15, 0.2) is 30.3 Å². The second kappa shape index (κ2) is 6.62. The van der Waals surface area contributed by atoms with Crippen LogP contribution in [-0.2, 0) is 5.60 Å². The number of nitrogens with zero attached hydrogens (tertiary/aromatic N) is 1. The number of aliphatic hydroxyl groups is 1. The summed E-state index contributed by atoms with van der Waals surface area (Å²) in [5.74, 6) is 0.716. The Bertz CT molecular complexity index is 482. The first kappa shape index (κ1) is 16.0. The van der Waals surface area contributed by atoms with Crippen molar-refractivity contribution in [2.45, 2.75) is 64.4 Å². The zero-order chi connectivity index (χ0) is 15.3. The molecule has 2 rings (SSSR count). The summed E-state index contributed by atoms with van der Waals surface area (Å²) < 4.78 is 0. The van der Waals surface area contributed by atoms with Crippen LogP contribution in [0.3, 0.4) is 0 Å². The zero-order valence-corrected chi connectivity index (χ0v) is 13.3. The van der Waals surface area contributed by atoms with E-state index in [1.54, 1.807) is 0 Å². The molecule has 0 amide bonds. The summed E-state index contributed by atoms with van der Waals surface area (Å²) in [6.45, 7) is 4.30. The lowest BCUT2D eigenvalue weighted by molar-refractivity contribution is -0.0915. The zero-order valence-electron chi connectivity index (χ0n) is 13.3. The van der Waals surface area contributed by atoms with E-state index in [2.05, 4.69) is 19.9 Å². The third-order valence-electron chi connectivity index (χ3n) is 5.40. The van der Waals surface area contributed by atoms with Crippen LogP contribution in [0.1, 0.15) is 64.4 Å². The van der Waals surface area contributed by atoms with Gasteiger partial charge in [0, 0.05) is 0 Å². The smallest absolute Gasteiger partial charge is 0.108 e. The van der Waals surface area contributed by atoms with Gasteiger partial charge >= 0.3 is 0 Å². The van der Waals surface area contributed by atoms with E-state index in [1.165, 1.54) is 6.42 Å². The Kier molecular flexibility index (Phi) is 5.06. The SMILES string of the molecule is CCCC(O)(c1ccccc1)C1(C#N)CCC(CC)CC1. The van der Waals surface area contributed by atoms with Crippen molar-refractivity contribution >= 4 is 0 Å². The molecule has 1 saturated carbocycles. The molecule has 0 aromatic heterocycles. The van der Waals surface area contributed by atoms with Gasteiger partial charge in [-0.05, 0) is 43.6 Å². The van der Waals surface area contributed by atoms with Crippen LogP contribution < -0.4 is 0 Å². The highest BCUT2D eigenvalue weighted by Gasteiger charge is 2.52. The second-order valence-corrected chi connectivity index (χ2v) is 6.52. The van der Waals surface area contributed by atoms with E-state index in [0.29, 0.717) is 12.3 Å². The fourth-order valence-corrected chi connectivity index (χ4v) is 3.93. The lowest BCUT2D eigenvalue weighted by Gasteiger charge is -2.47. The van der Waals surface area contributed by atoms with Gasteiger partial charge in [0.15, 0.2) is 0 Å². The van der Waals surface area contributed by atoms with Crippen molar-refractivity contribution in [1.82, 2.24) is 0 Å². The predicted molar refractivity (Wildman–Crippen MR) is 85.5 cm³/mol. The maximum atomic E-state index is 11.5. The lowest BCUT2D eigenvalue weighted by atomic mass is 9.58. The summed E-state index contributed by atoms with van der Waals surface area (Å²) >= 11 is 0. The quantitative estimate of drug-likeness (QED) is 0.845. The van der Waals surface area contributed by atoms with Crippen LogP contribution in [0, 0.1) is 22.7 Å². The van der Waals surface area contributed by atoms with E-state index in [0.717, 1.165) is 37.7 Å². The van der Waals surface area contributed by atoms with Gasteiger partial charge in [0.05, 0.1) is 11.5 Å². The van der Waals surface area contributed by atoms with E-state index in [4.69, 9.17) is 0 Å². The Morgan fingerprint density at radius 1 is 1.24 bits per heavy atom. The molecule has 0 bridgehead atoms. The predicted octanol–water partition coefficient (Wildman–Crippen LogP) is 4.78. The molecule has 0 heterocycles. The van der Waals surface area contributed by atoms with E-state index in [-0.39, 0.29) is 0 Å². The molecule has 1 aromatic carbocycles. The van der Waals surface area contributed by atoms with Gasteiger partial charge in [-0.3, -0.25) is 0 Å². The highest BCUT2D eigenvalue weighted by atomic mass is 16.3. The second-order valence-electron chi connectivity index (χ2n) is 6.52. The van der Waals surface area contributed by atoms with Crippen molar-refractivity contribution in [2.75, 3.05) is 0 Å². The van der Waals surface area contributed by atoms with Gasteiger partial charge in [0.1, 0.15) is 5.60 Å². The van der Waals surface area contributed by atoms with Gasteiger partial charge in [-0.1, -0.05) is 57.0 Å². The molecule has 1 aliphatic carbocycles. The van der Waals surface area contributed by atoms with E-state index in [9.17, 15) is 10.4 Å². The number of benzene rings is 1. The molecule has 0 aliphatic heterocycles. The fourth-order valence-electron chi connectivity index (χ4n) is 3.93. The third kappa shape index (κ3) is 2.85. The minimum atomic E-state index is -1.02. The largest absolute Gasteiger partial charge is 0.383 e. The Morgan fingerprint density at radius 3 is 2.33 bits per heavy atom. The van der Waals surface area contributed by atoms with Gasteiger partial charge < -0.3 is 5.11 Å². The summed E-state index contributed by atoms with van der Waals surface area (Å²) in [5, 5.41) is 21.4. The van der Waals surface area contributed by atoms with E-state index >= 15 is 0 Å². The first-order valence-corrected chi connectivity index (χ1v) is 8.31. The van der Waals surface area contributed by atoms with Crippen molar-refractivity contribution in [1.29, 1.82) is 5.26 Å². The first-order valence-electron chi connectivity index (χ1n) is 8.31. The standard InChI is InChI=1S/C19H27NO/c1-3-12-19(21,17-8-6-5-7-9-17)18(15-20)13-10-16(4-2)11-14-18/h5-9,16,21H,3-4,10-14H2,1-2H3. The van der Waals surface area contributed by atoms with Crippen LogP contribution in [0.25, 0.3) is 0 Å². The van der Waals surface area contributed by atoms with Gasteiger partial charge in [-0.15, -0.1) is 0 Å². The maximum Gasteiger partial charge on any atom is 0.108 e. The highest BCUT2D eigenvalue weighted by molar-refractivity contribution is 5.29. The summed E-state index contributed by atoms with van der Waals surface area (Å²) in [5.41, 5.74) is -0.740. The topological polar surface area (TPSA) is 44.0 Å². The van der Waals surface area contributed by atoms with Crippen molar-refractivity contribution < 1.29 is 5.11 Å². The van der Waals surface area contributed by atoms with Crippen LogP contribution in [-0.4, -0.2) is 5.11 Å². The molecule has 0 spiro atoms. The average Bonchev–Trinajstić information content (AvgIpc) is 2.55. The van der Waals surface area contributed by atoms with Crippen molar-refractivity contribution in [2.24, 2.45) is 11.3 Å². The number of nitriles is 1. The average molecular weight is 285 g/mol. The van der Waals surface area contributed by atoms with Gasteiger partial charge in [0.2, 0.25) is 0 Å². The van der Waals surface area contributed by atoms with Gasteiger partial charge in [0.25, 0.3) is 0 Å². The highest BCUT2D eigenvalue weighted by Crippen LogP contribution is 2.53. The molecule has 1 unspecified atom stereocenters. The molecule has 1 aromatic rings. The minimum absolute atomic E-state index is 0.629. The number of hydrogen-bond donors (Lipinski definition) is 1. The van der Waals surface area contributed by atoms with Crippen LogP contribution in [0.5, 0.6) is 0 Å². The van der Waals surface area contributed by atoms with Gasteiger partial charge in [-0.25, -0.2) is 0 Å². The molecule has 1 atom stereocenters. The Morgan fingerprint density at radius 2 is 1.86 bits per heavy atom. The summed E-state index contributed by atoms with van der Waals surface area (Å²) in [4.78, 5) is 0. The summed E-state index contributed by atoms with van der Waals surface area (Å²) in [7, 11) is 0. The summed E-state index contributed by atoms with van der Waals surface area (Å²) in [6.07, 6.45) is 6.46. The van der Waals surface area contributed by atoms with Crippen molar-refractivity contribution in [3.05, 3.63) is 35.9 Å². The Hall–Kier alpha value is -1.33. The summed E-state index contributed by atoms with van der Waals surface area (Å²) in [6, 6.07) is 12.4. The molecule has 0 radical (unpaired) electrons. The minimum Gasteiger partial charge on any atom is -0.383 e. The molecule has 0 saturated heterocycles. The van der Waals surface area contributed by atoms with Crippen LogP contribution in [0.4, 0.5) is 0 Å². The van der Waals surface area contributed by atoms with Crippen molar-refractivity contribution in [3.8, 4) is 6.07 Å². The first-order chi connectivity index (χ1) is 10.1. The van der Waals surface area contributed by atoms with Crippen LogP contribution in [0.2, 0.25) is 0 Å². The number of rotatable bonds is 5. The molecular formula is C19H27NO. The Labute approximate surface area is 128 Å². The molecule has 21 heavy (non-hydrogen) atoms. The molecule has 2 heteroatoms. The van der Waals surface area contributed by atoms with Crippen molar-refractivity contribution in [3.63, 3.8) is 0 Å². The molecule has 1 aliphatic rings. The molecular weight excluding hydrogens is 258 g/mol. The van der Waals surface area contributed by atoms with E-state index < -0.39 is 11.0 Å². The number of hydrogen-bond acceptors (Lipinski definition) is 2. The van der Waals surface area contributed by atoms with E-state index in [1.807, 2.05) is 30.3 Å². The third-order valence-corrected chi connectivity index (χ3v) is 5.40. The Balaban J connectivity index is 2.38.